The fraction of sp³-hybridized carbons (Fsp3) is 0.462. The van der Waals surface area contributed by atoms with Crippen LogP contribution < -0.4 is 15.2 Å². The van der Waals surface area contributed by atoms with Crippen molar-refractivity contribution in [1.29, 1.82) is 0 Å². The quantitative estimate of drug-likeness (QED) is 0.813. The first kappa shape index (κ1) is 19.4. The zero-order chi connectivity index (χ0) is 15.3. The topological polar surface area (TPSA) is 70.8 Å². The number of methoxy groups -OCH3 is 2. The minimum Gasteiger partial charge on any atom is -0.496 e. The lowest BCUT2D eigenvalue weighted by Gasteiger charge is -2.24. The Bertz CT molecular complexity index is 463. The molecule has 0 aliphatic carbocycles. The van der Waals surface area contributed by atoms with E-state index in [9.17, 15) is 13.6 Å². The molecule has 1 aromatic carbocycles. The smallest absolute Gasteiger partial charge is 0.379 e. The SMILES string of the molecule is CCOC(=O)C(F)(F)[C@@H](N)c1c(OC)cccc1OC.Cl. The Hall–Kier alpha value is -1.60. The van der Waals surface area contributed by atoms with Gasteiger partial charge in [0.15, 0.2) is 0 Å². The molecule has 21 heavy (non-hydrogen) atoms. The van der Waals surface area contributed by atoms with Gasteiger partial charge in [-0.25, -0.2) is 4.79 Å². The molecule has 5 nitrogen and oxygen atoms in total. The third-order valence-electron chi connectivity index (χ3n) is 2.72. The van der Waals surface area contributed by atoms with E-state index in [-0.39, 0.29) is 36.1 Å². The highest BCUT2D eigenvalue weighted by molar-refractivity contribution is 5.85. The van der Waals surface area contributed by atoms with Crippen molar-refractivity contribution in [2.24, 2.45) is 5.73 Å². The molecule has 8 heteroatoms. The van der Waals surface area contributed by atoms with E-state index in [2.05, 4.69) is 4.74 Å². The molecule has 0 aliphatic rings. The van der Waals surface area contributed by atoms with E-state index in [1.54, 1.807) is 6.07 Å². The maximum atomic E-state index is 14.0. The Kier molecular flexibility index (Phi) is 7.38. The van der Waals surface area contributed by atoms with Crippen molar-refractivity contribution >= 4 is 18.4 Å². The van der Waals surface area contributed by atoms with Crippen LogP contribution in [0, 0.1) is 0 Å². The molecule has 0 aromatic heterocycles. The standard InChI is InChI=1S/C13H17F2NO4.ClH/c1-4-20-12(17)13(14,15)11(16)10-8(18-2)6-5-7-9(10)19-3;/h5-7,11H,4,16H2,1-3H3;1H/t11-;/m0./s1. The van der Waals surface area contributed by atoms with Gasteiger partial charge in [0.05, 0.1) is 26.4 Å². The van der Waals surface area contributed by atoms with Crippen LogP contribution in [-0.2, 0) is 9.53 Å². The molecule has 0 saturated heterocycles. The highest BCUT2D eigenvalue weighted by Gasteiger charge is 2.49. The summed E-state index contributed by atoms with van der Waals surface area (Å²) in [6.45, 7) is 1.27. The number of alkyl halides is 2. The maximum Gasteiger partial charge on any atom is 0.379 e. The number of rotatable bonds is 6. The van der Waals surface area contributed by atoms with Gasteiger partial charge in [0.25, 0.3) is 0 Å². The highest BCUT2D eigenvalue weighted by atomic mass is 35.5. The Balaban J connectivity index is 0.00000400. The first-order chi connectivity index (χ1) is 9.39. The summed E-state index contributed by atoms with van der Waals surface area (Å²) in [5.74, 6) is -5.35. The number of carbonyl (C=O) groups excluding carboxylic acids is 1. The predicted octanol–water partition coefficient (Wildman–Crippen LogP) is 2.32. The fourth-order valence-electron chi connectivity index (χ4n) is 1.72. The number of esters is 1. The number of hydrogen-bond donors (Lipinski definition) is 1. The Morgan fingerprint density at radius 1 is 1.29 bits per heavy atom. The second kappa shape index (κ2) is 7.99. The number of ether oxygens (including phenoxy) is 3. The maximum absolute atomic E-state index is 14.0. The van der Waals surface area contributed by atoms with Crippen molar-refractivity contribution in [3.05, 3.63) is 23.8 Å². The molecular weight excluding hydrogens is 308 g/mol. The number of hydrogen-bond acceptors (Lipinski definition) is 5. The molecule has 0 saturated carbocycles. The molecule has 2 N–H and O–H groups in total. The molecular formula is C13H18ClF2NO4. The molecule has 0 bridgehead atoms. The van der Waals surface area contributed by atoms with Gasteiger partial charge in [0.2, 0.25) is 0 Å². The summed E-state index contributed by atoms with van der Waals surface area (Å²) in [7, 11) is 2.63. The monoisotopic (exact) mass is 325 g/mol. The number of halogens is 3. The number of carbonyl (C=O) groups is 1. The van der Waals surface area contributed by atoms with Crippen LogP contribution in [0.2, 0.25) is 0 Å². The Labute approximate surface area is 127 Å². The van der Waals surface area contributed by atoms with Gasteiger partial charge in [-0.05, 0) is 19.1 Å². The van der Waals surface area contributed by atoms with Crippen LogP contribution in [0.15, 0.2) is 18.2 Å². The number of benzene rings is 1. The zero-order valence-electron chi connectivity index (χ0n) is 11.9. The number of nitrogens with two attached hydrogens (primary N) is 1. The van der Waals surface area contributed by atoms with Gasteiger partial charge in [-0.3, -0.25) is 0 Å². The molecule has 0 aliphatic heterocycles. The summed E-state index contributed by atoms with van der Waals surface area (Å²) >= 11 is 0. The molecule has 0 fully saturated rings. The van der Waals surface area contributed by atoms with E-state index in [1.807, 2.05) is 0 Å². The van der Waals surface area contributed by atoms with Gasteiger partial charge in [-0.2, -0.15) is 8.78 Å². The van der Waals surface area contributed by atoms with Crippen LogP contribution in [0.4, 0.5) is 8.78 Å². The van der Waals surface area contributed by atoms with E-state index in [0.29, 0.717) is 0 Å². The third kappa shape index (κ3) is 3.95. The summed E-state index contributed by atoms with van der Waals surface area (Å²) in [4.78, 5) is 11.3. The van der Waals surface area contributed by atoms with Crippen LogP contribution in [-0.4, -0.2) is 32.7 Å². The second-order valence-corrected chi connectivity index (χ2v) is 3.90. The molecule has 0 radical (unpaired) electrons. The normalized spacial score (nSPS) is 12.1. The molecule has 0 amide bonds. The zero-order valence-corrected chi connectivity index (χ0v) is 12.7. The predicted molar refractivity (Wildman–Crippen MR) is 75.3 cm³/mol. The molecule has 0 unspecified atom stereocenters. The first-order valence-corrected chi connectivity index (χ1v) is 5.91. The van der Waals surface area contributed by atoms with E-state index in [1.165, 1.54) is 33.3 Å². The first-order valence-electron chi connectivity index (χ1n) is 5.91. The Morgan fingerprint density at radius 3 is 2.14 bits per heavy atom. The molecule has 0 spiro atoms. The third-order valence-corrected chi connectivity index (χ3v) is 2.72. The molecule has 1 rings (SSSR count). The van der Waals surface area contributed by atoms with E-state index < -0.39 is 17.9 Å². The van der Waals surface area contributed by atoms with Gasteiger partial charge >= 0.3 is 11.9 Å². The van der Waals surface area contributed by atoms with Gasteiger partial charge in [-0.15, -0.1) is 12.4 Å². The van der Waals surface area contributed by atoms with Crippen molar-refractivity contribution in [3.63, 3.8) is 0 Å². The van der Waals surface area contributed by atoms with Crippen molar-refractivity contribution in [2.75, 3.05) is 20.8 Å². The summed E-state index contributed by atoms with van der Waals surface area (Å²) in [6.07, 6.45) is 0. The van der Waals surface area contributed by atoms with Crippen molar-refractivity contribution in [2.45, 2.75) is 18.9 Å². The second-order valence-electron chi connectivity index (χ2n) is 3.90. The molecule has 1 atom stereocenters. The Morgan fingerprint density at radius 2 is 1.76 bits per heavy atom. The largest absolute Gasteiger partial charge is 0.496 e. The lowest BCUT2D eigenvalue weighted by atomic mass is 9.99. The molecule has 1 aromatic rings. The summed E-state index contributed by atoms with van der Waals surface area (Å²) in [5, 5.41) is 0. The molecule has 120 valence electrons. The van der Waals surface area contributed by atoms with Gasteiger partial charge in [-0.1, -0.05) is 6.07 Å². The van der Waals surface area contributed by atoms with E-state index in [0.717, 1.165) is 0 Å². The van der Waals surface area contributed by atoms with Crippen LogP contribution >= 0.6 is 12.4 Å². The van der Waals surface area contributed by atoms with Crippen LogP contribution in [0.1, 0.15) is 18.5 Å². The lowest BCUT2D eigenvalue weighted by Crippen LogP contribution is -2.42. The average Bonchev–Trinajstić information content (AvgIpc) is 2.45. The highest BCUT2D eigenvalue weighted by Crippen LogP contribution is 2.40. The van der Waals surface area contributed by atoms with Crippen molar-refractivity contribution in [1.82, 2.24) is 0 Å². The summed E-state index contributed by atoms with van der Waals surface area (Å²) in [5.41, 5.74) is 5.46. The van der Waals surface area contributed by atoms with Gasteiger partial charge in [0, 0.05) is 0 Å². The van der Waals surface area contributed by atoms with Crippen LogP contribution in [0.5, 0.6) is 11.5 Å². The minimum atomic E-state index is -3.89. The van der Waals surface area contributed by atoms with Crippen LogP contribution in [0.25, 0.3) is 0 Å². The summed E-state index contributed by atoms with van der Waals surface area (Å²) < 4.78 is 42.4. The fourth-order valence-corrected chi connectivity index (χ4v) is 1.72. The van der Waals surface area contributed by atoms with Crippen LogP contribution in [0.3, 0.4) is 0 Å². The summed E-state index contributed by atoms with van der Waals surface area (Å²) in [6, 6.07) is 2.54. The van der Waals surface area contributed by atoms with E-state index in [4.69, 9.17) is 15.2 Å². The minimum absolute atomic E-state index is 0. The lowest BCUT2D eigenvalue weighted by molar-refractivity contribution is -0.174. The van der Waals surface area contributed by atoms with E-state index >= 15 is 0 Å². The van der Waals surface area contributed by atoms with Crippen molar-refractivity contribution < 1.29 is 27.8 Å². The van der Waals surface area contributed by atoms with Crippen molar-refractivity contribution in [3.8, 4) is 11.5 Å². The molecule has 0 heterocycles. The average molecular weight is 326 g/mol. The van der Waals surface area contributed by atoms with Gasteiger partial charge < -0.3 is 19.9 Å². The van der Waals surface area contributed by atoms with Gasteiger partial charge in [0.1, 0.15) is 17.5 Å².